The van der Waals surface area contributed by atoms with E-state index < -0.39 is 12.4 Å². The predicted molar refractivity (Wildman–Crippen MR) is 124 cm³/mol. The van der Waals surface area contributed by atoms with E-state index in [1.807, 2.05) is 24.3 Å². The van der Waals surface area contributed by atoms with Gasteiger partial charge >= 0.3 is 6.16 Å². The molecule has 0 saturated carbocycles. The van der Waals surface area contributed by atoms with Gasteiger partial charge in [-0.25, -0.2) is 4.79 Å². The standard InChI is InChI=1S/C23H27Cl2N3O4/c1-14-19(25)20(28(6)27-14)21(31-15(2)32-22(29)30-12-11-24)18(13-26)16-7-9-17(10-8-16)23(3,4)5/h7-10,15H,11-12H2,1-6H3/b21-18-. The maximum Gasteiger partial charge on any atom is 0.511 e. The number of hydrogen-bond acceptors (Lipinski definition) is 6. The van der Waals surface area contributed by atoms with Gasteiger partial charge in [-0.1, -0.05) is 56.6 Å². The summed E-state index contributed by atoms with van der Waals surface area (Å²) in [5, 5.41) is 14.7. The van der Waals surface area contributed by atoms with Gasteiger partial charge in [-0.2, -0.15) is 10.4 Å². The minimum Gasteiger partial charge on any atom is -0.451 e. The number of aryl methyl sites for hydroxylation is 2. The number of alkyl halides is 1. The Morgan fingerprint density at radius 2 is 1.88 bits per heavy atom. The predicted octanol–water partition coefficient (Wildman–Crippen LogP) is 5.83. The van der Waals surface area contributed by atoms with E-state index in [0.29, 0.717) is 22.0 Å². The topological polar surface area (TPSA) is 86.4 Å². The molecule has 2 rings (SSSR count). The first kappa shape index (κ1) is 25.6. The van der Waals surface area contributed by atoms with E-state index in [1.165, 1.54) is 11.6 Å². The first-order chi connectivity index (χ1) is 15.0. The van der Waals surface area contributed by atoms with Gasteiger partial charge < -0.3 is 14.2 Å². The highest BCUT2D eigenvalue weighted by atomic mass is 35.5. The van der Waals surface area contributed by atoms with Crippen LogP contribution < -0.4 is 0 Å². The highest BCUT2D eigenvalue weighted by Gasteiger charge is 2.25. The van der Waals surface area contributed by atoms with Crippen LogP contribution in [0.2, 0.25) is 5.02 Å². The van der Waals surface area contributed by atoms with Gasteiger partial charge in [0.15, 0.2) is 5.76 Å². The van der Waals surface area contributed by atoms with E-state index >= 15 is 0 Å². The minimum atomic E-state index is -1.07. The molecule has 1 aromatic carbocycles. The lowest BCUT2D eigenvalue weighted by Gasteiger charge is -2.21. The average molecular weight is 480 g/mol. The third-order valence-corrected chi connectivity index (χ3v) is 5.19. The Bertz CT molecular complexity index is 1030. The Morgan fingerprint density at radius 1 is 1.25 bits per heavy atom. The number of carbonyl (C=O) groups excluding carboxylic acids is 1. The maximum atomic E-state index is 11.8. The van der Waals surface area contributed by atoms with Crippen LogP contribution in [0.5, 0.6) is 0 Å². The Hall–Kier alpha value is -2.69. The Labute approximate surface area is 198 Å². The third kappa shape index (κ3) is 6.18. The molecule has 1 heterocycles. The van der Waals surface area contributed by atoms with Crippen molar-refractivity contribution in [1.82, 2.24) is 9.78 Å². The normalized spacial score (nSPS) is 13.1. The van der Waals surface area contributed by atoms with E-state index in [2.05, 4.69) is 31.9 Å². The number of nitriles is 1. The summed E-state index contributed by atoms with van der Waals surface area (Å²) in [5.41, 5.74) is 2.89. The molecule has 9 heteroatoms. The van der Waals surface area contributed by atoms with Crippen molar-refractivity contribution in [3.05, 3.63) is 51.8 Å². The summed E-state index contributed by atoms with van der Waals surface area (Å²) in [6.45, 7) is 9.59. The lowest BCUT2D eigenvalue weighted by atomic mass is 9.86. The largest absolute Gasteiger partial charge is 0.511 e. The molecule has 1 aromatic heterocycles. The van der Waals surface area contributed by atoms with Crippen LogP contribution in [0.3, 0.4) is 0 Å². The summed E-state index contributed by atoms with van der Waals surface area (Å²) in [6, 6.07) is 9.82. The Balaban J connectivity index is 2.54. The SMILES string of the molecule is Cc1nn(C)c(/C(OC(C)OC(=O)OCCCl)=C(\C#N)c2ccc(C(C)(C)C)cc2)c1Cl. The molecular formula is C23H27Cl2N3O4. The highest BCUT2D eigenvalue weighted by Crippen LogP contribution is 2.34. The van der Waals surface area contributed by atoms with Crippen LogP contribution >= 0.6 is 23.2 Å². The van der Waals surface area contributed by atoms with Crippen LogP contribution in [-0.4, -0.2) is 34.7 Å². The van der Waals surface area contributed by atoms with Crippen molar-refractivity contribution >= 4 is 40.7 Å². The lowest BCUT2D eigenvalue weighted by molar-refractivity contribution is -0.0658. The van der Waals surface area contributed by atoms with Crippen LogP contribution in [0, 0.1) is 18.3 Å². The highest BCUT2D eigenvalue weighted by molar-refractivity contribution is 6.33. The number of nitrogens with zero attached hydrogens (tertiary/aromatic N) is 3. The first-order valence-corrected chi connectivity index (χ1v) is 10.9. The molecule has 0 amide bonds. The van der Waals surface area contributed by atoms with Crippen molar-refractivity contribution in [1.29, 1.82) is 5.26 Å². The fraction of sp³-hybridized carbons (Fsp3) is 0.435. The summed E-state index contributed by atoms with van der Waals surface area (Å²) in [4.78, 5) is 11.8. The van der Waals surface area contributed by atoms with Gasteiger partial charge in [-0.05, 0) is 23.5 Å². The molecule has 7 nitrogen and oxygen atoms in total. The van der Waals surface area contributed by atoms with Gasteiger partial charge in [0.1, 0.15) is 23.9 Å². The molecule has 0 fully saturated rings. The fourth-order valence-electron chi connectivity index (χ4n) is 2.98. The van der Waals surface area contributed by atoms with Crippen molar-refractivity contribution in [2.45, 2.75) is 46.3 Å². The van der Waals surface area contributed by atoms with E-state index in [-0.39, 0.29) is 29.2 Å². The molecule has 0 spiro atoms. The molecule has 0 bridgehead atoms. The molecular weight excluding hydrogens is 453 g/mol. The van der Waals surface area contributed by atoms with Gasteiger partial charge in [-0.3, -0.25) is 4.68 Å². The van der Waals surface area contributed by atoms with Crippen LogP contribution in [0.15, 0.2) is 24.3 Å². The van der Waals surface area contributed by atoms with Crippen LogP contribution in [0.4, 0.5) is 4.79 Å². The summed E-state index contributed by atoms with van der Waals surface area (Å²) in [6.07, 6.45) is -2.01. The smallest absolute Gasteiger partial charge is 0.451 e. The summed E-state index contributed by atoms with van der Waals surface area (Å²) in [5.74, 6) is 0.282. The van der Waals surface area contributed by atoms with E-state index in [1.54, 1.807) is 14.0 Å². The van der Waals surface area contributed by atoms with Crippen molar-refractivity contribution in [2.24, 2.45) is 7.05 Å². The molecule has 0 N–H and O–H groups in total. The first-order valence-electron chi connectivity index (χ1n) is 10.00. The van der Waals surface area contributed by atoms with Crippen molar-refractivity contribution in [2.75, 3.05) is 12.5 Å². The molecule has 0 aliphatic rings. The molecule has 0 aliphatic heterocycles. The molecule has 0 saturated heterocycles. The van der Waals surface area contributed by atoms with E-state index in [0.717, 1.165) is 5.56 Å². The van der Waals surface area contributed by atoms with Crippen LogP contribution in [0.25, 0.3) is 11.3 Å². The molecule has 1 atom stereocenters. The second-order valence-electron chi connectivity index (χ2n) is 8.11. The maximum absolute atomic E-state index is 11.8. The number of aromatic nitrogens is 2. The Kier molecular flexibility index (Phi) is 8.59. The average Bonchev–Trinajstić information content (AvgIpc) is 2.97. The second kappa shape index (κ2) is 10.8. The zero-order chi connectivity index (χ0) is 24.1. The molecule has 172 valence electrons. The minimum absolute atomic E-state index is 0.00608. The van der Waals surface area contributed by atoms with Gasteiger partial charge in [0, 0.05) is 14.0 Å². The summed E-state index contributed by atoms with van der Waals surface area (Å²) >= 11 is 12.0. The molecule has 0 radical (unpaired) electrons. The molecule has 2 aromatic rings. The van der Waals surface area contributed by atoms with Gasteiger partial charge in [0.25, 0.3) is 0 Å². The molecule has 32 heavy (non-hydrogen) atoms. The quantitative estimate of drug-likeness (QED) is 0.163. The lowest BCUT2D eigenvalue weighted by Crippen LogP contribution is -2.20. The van der Waals surface area contributed by atoms with Crippen molar-refractivity contribution in [3.8, 4) is 6.07 Å². The van der Waals surface area contributed by atoms with Gasteiger partial charge in [0.05, 0.1) is 16.6 Å². The third-order valence-electron chi connectivity index (χ3n) is 4.59. The van der Waals surface area contributed by atoms with E-state index in [9.17, 15) is 10.1 Å². The van der Waals surface area contributed by atoms with Crippen molar-refractivity contribution in [3.63, 3.8) is 0 Å². The second-order valence-corrected chi connectivity index (χ2v) is 8.86. The number of hydrogen-bond donors (Lipinski definition) is 0. The number of allylic oxidation sites excluding steroid dienone is 1. The number of benzene rings is 1. The number of carbonyl (C=O) groups is 1. The number of rotatable bonds is 7. The number of ether oxygens (including phenoxy) is 3. The monoisotopic (exact) mass is 479 g/mol. The molecule has 0 aliphatic carbocycles. The zero-order valence-electron chi connectivity index (χ0n) is 19.0. The van der Waals surface area contributed by atoms with Crippen LogP contribution in [-0.2, 0) is 26.7 Å². The number of halogens is 2. The summed E-state index contributed by atoms with van der Waals surface area (Å²) in [7, 11) is 1.69. The fourth-order valence-corrected chi connectivity index (χ4v) is 3.30. The van der Waals surface area contributed by atoms with Crippen LogP contribution in [0.1, 0.15) is 50.2 Å². The Morgan fingerprint density at radius 3 is 2.34 bits per heavy atom. The zero-order valence-corrected chi connectivity index (χ0v) is 20.5. The van der Waals surface area contributed by atoms with E-state index in [4.69, 9.17) is 37.4 Å². The van der Waals surface area contributed by atoms with Gasteiger partial charge in [0.2, 0.25) is 6.29 Å². The molecule has 1 unspecified atom stereocenters. The summed E-state index contributed by atoms with van der Waals surface area (Å²) < 4.78 is 17.4. The van der Waals surface area contributed by atoms with Gasteiger partial charge in [-0.15, -0.1) is 11.6 Å². The van der Waals surface area contributed by atoms with Crippen molar-refractivity contribution < 1.29 is 19.0 Å².